The van der Waals surface area contributed by atoms with Gasteiger partial charge in [-0.25, -0.2) is 9.59 Å². The van der Waals surface area contributed by atoms with Gasteiger partial charge in [0.2, 0.25) is 5.91 Å². The minimum absolute atomic E-state index is 0.0173. The average molecular weight is 806 g/mol. The maximum Gasteiger partial charge on any atom is 0.426 e. The van der Waals surface area contributed by atoms with Crippen LogP contribution in [0.1, 0.15) is 29.5 Å². The van der Waals surface area contributed by atoms with Crippen molar-refractivity contribution in [3.63, 3.8) is 0 Å². The van der Waals surface area contributed by atoms with Gasteiger partial charge in [-0.05, 0) is 98.1 Å². The van der Waals surface area contributed by atoms with Gasteiger partial charge in [0.1, 0.15) is 6.04 Å². The fraction of sp³-hybridized carbons (Fsp3) is 0.270. The van der Waals surface area contributed by atoms with E-state index in [0.717, 1.165) is 34.5 Å². The molecule has 4 aromatic carbocycles. The standard InChI is InChI=1S/C37H39Br2N7O4/c38-28-20-25(21-29(39)34(28)40)22-33(35(47)42-32-13-7-6-12-31(32)41-23-24-8-2-1-3-9-24)44-37(49)50-45-17-15-27(16-18-45)46-19-14-26-10-4-5-11-30(26)43-36(46)48/h1-13,20-21,27,33,41H,14-19,22-23,40H2,(H,42,47)(H,43,48)(H,44,49)/t33-/m1/s1. The molecule has 13 heteroatoms. The molecule has 0 unspecified atom stereocenters. The minimum Gasteiger partial charge on any atom is -0.397 e. The third kappa shape index (κ3) is 8.95. The Morgan fingerprint density at radius 3 is 2.28 bits per heavy atom. The number of nitrogens with two attached hydrogens (primary N) is 1. The van der Waals surface area contributed by atoms with Crippen LogP contribution in [0.15, 0.2) is 99.9 Å². The first-order valence-electron chi connectivity index (χ1n) is 16.5. The van der Waals surface area contributed by atoms with E-state index in [1.165, 1.54) is 0 Å². The first-order chi connectivity index (χ1) is 24.2. The number of benzene rings is 4. The van der Waals surface area contributed by atoms with Crippen LogP contribution in [0.2, 0.25) is 0 Å². The van der Waals surface area contributed by atoms with Crippen molar-refractivity contribution < 1.29 is 19.2 Å². The van der Waals surface area contributed by atoms with E-state index in [1.54, 1.807) is 5.06 Å². The third-order valence-corrected chi connectivity index (χ3v) is 10.2. The van der Waals surface area contributed by atoms with Crippen LogP contribution in [-0.4, -0.2) is 59.7 Å². The number of nitrogen functional groups attached to an aromatic ring is 1. The fourth-order valence-corrected chi connectivity index (χ4v) is 7.51. The molecule has 11 nitrogen and oxygen atoms in total. The van der Waals surface area contributed by atoms with Crippen molar-refractivity contribution in [2.45, 2.75) is 44.3 Å². The zero-order valence-electron chi connectivity index (χ0n) is 27.3. The lowest BCUT2D eigenvalue weighted by atomic mass is 10.0. The highest BCUT2D eigenvalue weighted by molar-refractivity contribution is 9.11. The van der Waals surface area contributed by atoms with Crippen molar-refractivity contribution >= 4 is 72.6 Å². The highest BCUT2D eigenvalue weighted by atomic mass is 79.9. The Bertz CT molecular complexity index is 1810. The summed E-state index contributed by atoms with van der Waals surface area (Å²) in [5, 5.41) is 13.8. The molecule has 50 heavy (non-hydrogen) atoms. The molecule has 0 radical (unpaired) electrons. The number of carbonyl (C=O) groups excluding carboxylic acids is 3. The molecule has 1 fully saturated rings. The number of amides is 4. The summed E-state index contributed by atoms with van der Waals surface area (Å²) in [4.78, 5) is 47.8. The molecule has 260 valence electrons. The Labute approximate surface area is 308 Å². The van der Waals surface area contributed by atoms with Crippen LogP contribution in [0.5, 0.6) is 0 Å². The van der Waals surface area contributed by atoms with Crippen LogP contribution < -0.4 is 27.0 Å². The highest BCUT2D eigenvalue weighted by Crippen LogP contribution is 2.31. The quantitative estimate of drug-likeness (QED) is 0.107. The molecule has 6 N–H and O–H groups in total. The topological polar surface area (TPSA) is 141 Å². The summed E-state index contributed by atoms with van der Waals surface area (Å²) in [7, 11) is 0. The number of para-hydroxylation sites is 3. The molecule has 0 saturated carbocycles. The van der Waals surface area contributed by atoms with E-state index in [9.17, 15) is 14.4 Å². The second-order valence-corrected chi connectivity index (χ2v) is 14.0. The molecule has 0 spiro atoms. The van der Waals surface area contributed by atoms with Crippen molar-refractivity contribution in [3.8, 4) is 0 Å². The molecule has 4 amide bonds. The van der Waals surface area contributed by atoms with E-state index in [1.807, 2.05) is 95.9 Å². The van der Waals surface area contributed by atoms with Crippen LogP contribution in [0.3, 0.4) is 0 Å². The predicted molar refractivity (Wildman–Crippen MR) is 203 cm³/mol. The normalized spacial score (nSPS) is 15.6. The number of hydroxylamine groups is 2. The van der Waals surface area contributed by atoms with Gasteiger partial charge in [-0.1, -0.05) is 60.7 Å². The van der Waals surface area contributed by atoms with Gasteiger partial charge in [0.05, 0.1) is 17.1 Å². The van der Waals surface area contributed by atoms with Crippen molar-refractivity contribution in [1.29, 1.82) is 0 Å². The first-order valence-corrected chi connectivity index (χ1v) is 18.1. The highest BCUT2D eigenvalue weighted by Gasteiger charge is 2.32. The fourth-order valence-electron chi connectivity index (χ4n) is 6.23. The van der Waals surface area contributed by atoms with Crippen LogP contribution >= 0.6 is 31.9 Å². The number of carbonyl (C=O) groups is 3. The predicted octanol–water partition coefficient (Wildman–Crippen LogP) is 7.15. The number of hydrogen-bond donors (Lipinski definition) is 5. The molecule has 1 atom stereocenters. The van der Waals surface area contributed by atoms with E-state index in [0.29, 0.717) is 59.3 Å². The van der Waals surface area contributed by atoms with Crippen molar-refractivity contribution in [2.24, 2.45) is 0 Å². The summed E-state index contributed by atoms with van der Waals surface area (Å²) in [5.74, 6) is -0.410. The van der Waals surface area contributed by atoms with Crippen molar-refractivity contribution in [1.82, 2.24) is 15.3 Å². The van der Waals surface area contributed by atoms with Crippen molar-refractivity contribution in [3.05, 3.63) is 117 Å². The van der Waals surface area contributed by atoms with Crippen molar-refractivity contribution in [2.75, 3.05) is 41.3 Å². The Balaban J connectivity index is 1.09. The second kappa shape index (κ2) is 16.4. The number of piperidine rings is 1. The zero-order chi connectivity index (χ0) is 35.0. The molecule has 4 aromatic rings. The van der Waals surface area contributed by atoms with E-state index >= 15 is 0 Å². The molecule has 2 aliphatic rings. The lowest BCUT2D eigenvalue weighted by Crippen LogP contribution is -2.51. The molecule has 2 heterocycles. The number of fused-ring (bicyclic) bond motifs is 1. The number of rotatable bonds is 10. The van der Waals surface area contributed by atoms with Crippen LogP contribution in [-0.2, 0) is 29.0 Å². The van der Waals surface area contributed by atoms with Gasteiger partial charge in [-0.2, -0.15) is 0 Å². The van der Waals surface area contributed by atoms with Gasteiger partial charge in [0, 0.05) is 53.3 Å². The maximum absolute atomic E-state index is 13.9. The van der Waals surface area contributed by atoms with Crippen LogP contribution in [0, 0.1) is 0 Å². The lowest BCUT2D eigenvalue weighted by molar-refractivity contribution is -0.125. The summed E-state index contributed by atoms with van der Waals surface area (Å²) < 4.78 is 1.34. The zero-order valence-corrected chi connectivity index (χ0v) is 30.5. The summed E-state index contributed by atoms with van der Waals surface area (Å²) in [6, 6.07) is 27.8. The number of halogens is 2. The molecule has 1 saturated heterocycles. The largest absolute Gasteiger partial charge is 0.426 e. The van der Waals surface area contributed by atoms with Gasteiger partial charge in [-0.3, -0.25) is 4.79 Å². The molecule has 0 aliphatic carbocycles. The average Bonchev–Trinajstić information content (AvgIpc) is 3.28. The third-order valence-electron chi connectivity index (χ3n) is 8.92. The molecule has 0 aromatic heterocycles. The Hall–Kier alpha value is -4.59. The molecular formula is C37H39Br2N7O4. The van der Waals surface area contributed by atoms with E-state index in [4.69, 9.17) is 10.6 Å². The van der Waals surface area contributed by atoms with Gasteiger partial charge in [0.15, 0.2) is 0 Å². The summed E-state index contributed by atoms with van der Waals surface area (Å²) in [5.41, 5.74) is 11.8. The number of hydrogen-bond acceptors (Lipinski definition) is 7. The minimum atomic E-state index is -0.980. The monoisotopic (exact) mass is 803 g/mol. The lowest BCUT2D eigenvalue weighted by Gasteiger charge is -2.37. The summed E-state index contributed by atoms with van der Waals surface area (Å²) in [6.07, 6.45) is 1.48. The number of nitrogens with one attached hydrogen (secondary N) is 4. The second-order valence-electron chi connectivity index (χ2n) is 12.3. The van der Waals surface area contributed by atoms with E-state index in [2.05, 4.69) is 53.1 Å². The van der Waals surface area contributed by atoms with Gasteiger partial charge in [0.25, 0.3) is 0 Å². The Kier molecular flexibility index (Phi) is 11.6. The van der Waals surface area contributed by atoms with E-state index < -0.39 is 18.0 Å². The molecule has 2 aliphatic heterocycles. The number of nitrogens with zero attached hydrogens (tertiary/aromatic N) is 2. The van der Waals surface area contributed by atoms with Crippen LogP contribution in [0.25, 0.3) is 0 Å². The Morgan fingerprint density at radius 2 is 1.54 bits per heavy atom. The SMILES string of the molecule is Nc1c(Br)cc(C[C@@H](NC(=O)ON2CCC(N3CCc4ccccc4NC3=O)CC2)C(=O)Nc2ccccc2NCc2ccccc2)cc1Br. The molecular weight excluding hydrogens is 766 g/mol. The smallest absolute Gasteiger partial charge is 0.397 e. The molecule has 0 bridgehead atoms. The maximum atomic E-state index is 13.9. The van der Waals surface area contributed by atoms with Crippen LogP contribution in [0.4, 0.5) is 32.3 Å². The van der Waals surface area contributed by atoms with Gasteiger partial charge in [-0.15, -0.1) is 5.06 Å². The number of urea groups is 1. The summed E-state index contributed by atoms with van der Waals surface area (Å²) in [6.45, 7) is 2.09. The molecule has 6 rings (SSSR count). The van der Waals surface area contributed by atoms with Gasteiger partial charge < -0.3 is 36.7 Å². The van der Waals surface area contributed by atoms with Gasteiger partial charge >= 0.3 is 12.1 Å². The Morgan fingerprint density at radius 1 is 0.880 bits per heavy atom. The number of anilines is 4. The summed E-state index contributed by atoms with van der Waals surface area (Å²) >= 11 is 6.96. The first kappa shape index (κ1) is 35.2. The van der Waals surface area contributed by atoms with E-state index in [-0.39, 0.29) is 18.5 Å².